The van der Waals surface area contributed by atoms with Gasteiger partial charge in [0.2, 0.25) is 16.3 Å². The maximum atomic E-state index is 13.7. The molecule has 8 saturated heterocycles. The van der Waals surface area contributed by atoms with Crippen LogP contribution in [0.25, 0.3) is 0 Å². The zero-order valence-electron chi connectivity index (χ0n) is 63.6. The Labute approximate surface area is 660 Å². The first-order valence-electron chi connectivity index (χ1n) is 39.2. The van der Waals surface area contributed by atoms with Crippen molar-refractivity contribution in [1.29, 1.82) is 0 Å². The summed E-state index contributed by atoms with van der Waals surface area (Å²) in [5.74, 6) is -4.86. The SMILES string of the molecule is CCCCCCCCCCCCCCC(CCCCCCCCCCCCCC)CO[C@@H]1O[C@H](CO)[C@@H](O[C@@H]2O[C@H](CO)[C@H](O)[C@H](O[C@@H]3O[C@H](COS(=O)(=O)[O-])[C@@H](O[C@@H]4O[C@H](CO)[C@H](O)[C@H](O[C@@]56C[C@H](O)[C@@H](NC5=O)[C@H]([C@H](O)[C@H](O)CO)O6)[C@H]4O)[C@H](O[C@@H]4O[C@@H](C)[C@@H](O)[C@@H](O)[C@@H]4O)[C@H]3NC(C)=O)[C@H]2O)[C@H](O)[C@H]1O.[Na+]. The maximum absolute atomic E-state index is 13.7. The molecule has 0 aromatic carbocycles. The van der Waals surface area contributed by atoms with Crippen molar-refractivity contribution in [1.82, 2.24) is 10.6 Å². The van der Waals surface area contributed by atoms with Gasteiger partial charge in [-0.2, -0.15) is 0 Å². The van der Waals surface area contributed by atoms with Crippen LogP contribution in [-0.2, 0) is 81.0 Å². The van der Waals surface area contributed by atoms with Crippen LogP contribution in [0.15, 0.2) is 0 Å². The minimum absolute atomic E-state index is 0. The van der Waals surface area contributed by atoms with Gasteiger partial charge in [-0.15, -0.1) is 0 Å². The third kappa shape index (κ3) is 27.4. The molecule has 0 spiro atoms. The summed E-state index contributed by atoms with van der Waals surface area (Å²) in [6.07, 6.45) is -26.9. The fraction of sp³-hybridized carbons (Fsp3) is 0.972. The van der Waals surface area contributed by atoms with Crippen molar-refractivity contribution in [2.24, 2.45) is 5.92 Å². The van der Waals surface area contributed by atoms with Crippen LogP contribution in [0.3, 0.4) is 0 Å². The van der Waals surface area contributed by atoms with E-state index in [1.54, 1.807) is 0 Å². The van der Waals surface area contributed by atoms with Gasteiger partial charge in [-0.05, 0) is 25.7 Å². The van der Waals surface area contributed by atoms with Gasteiger partial charge in [0.15, 0.2) is 31.5 Å². The zero-order chi connectivity index (χ0) is 79.0. The Balaban J connectivity index is 0.0000186. The molecule has 18 N–H and O–H groups in total. The topological polar surface area (TPSA) is 559 Å². The Hall–Kier alpha value is -1.31. The van der Waals surface area contributed by atoms with Crippen molar-refractivity contribution >= 4 is 22.2 Å². The molecule has 8 heterocycles. The van der Waals surface area contributed by atoms with E-state index in [1.165, 1.54) is 110 Å². The van der Waals surface area contributed by atoms with Crippen molar-refractivity contribution in [3.05, 3.63) is 0 Å². The zero-order valence-corrected chi connectivity index (χ0v) is 66.5. The van der Waals surface area contributed by atoms with E-state index in [1.807, 2.05) is 0 Å². The maximum Gasteiger partial charge on any atom is 1.00 e. The van der Waals surface area contributed by atoms with Crippen LogP contribution in [0, 0.1) is 5.92 Å². The Morgan fingerprint density at radius 3 is 1.48 bits per heavy atom. The van der Waals surface area contributed by atoms with E-state index in [0.717, 1.165) is 71.1 Å². The largest absolute Gasteiger partial charge is 1.00 e. The van der Waals surface area contributed by atoms with Crippen LogP contribution in [-0.4, -0.2) is 336 Å². The summed E-state index contributed by atoms with van der Waals surface area (Å²) in [5.41, 5.74) is 0. The molecule has 8 fully saturated rings. The number of ether oxygens (including phenoxy) is 12. The minimum atomic E-state index is -5.78. The summed E-state index contributed by atoms with van der Waals surface area (Å²) in [4.78, 5) is 27.3. The van der Waals surface area contributed by atoms with Crippen LogP contribution >= 0.6 is 0 Å². The second-order valence-electron chi connectivity index (χ2n) is 30.2. The van der Waals surface area contributed by atoms with Crippen molar-refractivity contribution < 1.29 is 195 Å². The number of piperidine rings is 1. The smallest absolute Gasteiger partial charge is 0.726 e. The number of hydrogen-bond donors (Lipinski definition) is 18. The van der Waals surface area contributed by atoms with Crippen LogP contribution in [0.4, 0.5) is 0 Å². The summed E-state index contributed by atoms with van der Waals surface area (Å²) < 4.78 is 115. The van der Waals surface area contributed by atoms with E-state index < -0.39 is 251 Å². The molecule has 2 bridgehead atoms. The number of aliphatic hydroxyl groups excluding tert-OH is 16. The molecule has 2 amide bonds. The first kappa shape index (κ1) is 96.5. The molecule has 0 saturated carbocycles. The van der Waals surface area contributed by atoms with E-state index >= 15 is 0 Å². The number of nitrogens with one attached hydrogen (secondary N) is 2. The first-order valence-corrected chi connectivity index (χ1v) is 40.6. The average Bonchev–Trinajstić information content (AvgIpc) is 0.727. The van der Waals surface area contributed by atoms with Crippen molar-refractivity contribution in [2.45, 2.75) is 391 Å². The van der Waals surface area contributed by atoms with Crippen LogP contribution in [0.5, 0.6) is 0 Å². The Kier molecular flexibility index (Phi) is 42.4. The fourth-order valence-electron chi connectivity index (χ4n) is 15.3. The number of carbonyl (C=O) groups excluding carboxylic acids is 2. The third-order valence-corrected chi connectivity index (χ3v) is 22.1. The minimum Gasteiger partial charge on any atom is -0.726 e. The van der Waals surface area contributed by atoms with E-state index in [0.29, 0.717) is 0 Å². The van der Waals surface area contributed by atoms with Gasteiger partial charge in [-0.1, -0.05) is 168 Å². The molecule has 632 valence electrons. The monoisotopic (exact) mass is 1610 g/mol. The Morgan fingerprint density at radius 1 is 0.541 bits per heavy atom. The van der Waals surface area contributed by atoms with Crippen molar-refractivity contribution in [3.63, 3.8) is 0 Å². The van der Waals surface area contributed by atoms with E-state index in [2.05, 4.69) is 28.7 Å². The van der Waals surface area contributed by atoms with Gasteiger partial charge in [-0.3, -0.25) is 13.8 Å². The summed E-state index contributed by atoms with van der Waals surface area (Å²) in [5, 5.41) is 184. The number of carbonyl (C=O) groups is 2. The molecule has 0 radical (unpaired) electrons. The summed E-state index contributed by atoms with van der Waals surface area (Å²) in [6.45, 7) is 1.14. The summed E-state index contributed by atoms with van der Waals surface area (Å²) >= 11 is 0. The number of amides is 2. The van der Waals surface area contributed by atoms with E-state index in [4.69, 9.17) is 56.8 Å². The molecule has 38 heteroatoms. The van der Waals surface area contributed by atoms with Crippen LogP contribution in [0.2, 0.25) is 0 Å². The number of rotatable bonds is 49. The molecule has 0 aliphatic carbocycles. The van der Waals surface area contributed by atoms with E-state index in [9.17, 15) is 104 Å². The molecule has 8 aliphatic heterocycles. The molecule has 0 aromatic heterocycles. The van der Waals surface area contributed by atoms with Crippen molar-refractivity contribution in [2.75, 3.05) is 39.6 Å². The van der Waals surface area contributed by atoms with Gasteiger partial charge in [0.1, 0.15) is 134 Å². The second-order valence-corrected chi connectivity index (χ2v) is 31.2. The van der Waals surface area contributed by atoms with Gasteiger partial charge < -0.3 is 154 Å². The number of fused-ring (bicyclic) bond motifs is 3. The predicted octanol–water partition coefficient (Wildman–Crippen LogP) is -5.36. The normalized spacial score (nSPS) is 38.4. The molecular weight excluding hydrogens is 1480 g/mol. The molecule has 8 rings (SSSR count). The number of morpholine rings is 1. The van der Waals surface area contributed by atoms with Gasteiger partial charge in [0.05, 0.1) is 57.9 Å². The fourth-order valence-corrected chi connectivity index (χ4v) is 15.7. The molecule has 109 heavy (non-hydrogen) atoms. The van der Waals surface area contributed by atoms with Gasteiger partial charge >= 0.3 is 29.6 Å². The first-order chi connectivity index (χ1) is 51.6. The number of aliphatic hydroxyl groups is 16. The van der Waals surface area contributed by atoms with Crippen LogP contribution in [0.1, 0.15) is 201 Å². The van der Waals surface area contributed by atoms with E-state index in [-0.39, 0.29) is 42.1 Å². The Bertz CT molecular complexity index is 2650. The molecule has 0 aromatic rings. The summed E-state index contributed by atoms with van der Waals surface area (Å²) in [7, 11) is -5.78. The average molecular weight is 1610 g/mol. The molecule has 31 atom stereocenters. The van der Waals surface area contributed by atoms with Gasteiger partial charge in [0, 0.05) is 13.3 Å². The molecule has 36 nitrogen and oxygen atoms in total. The number of hydrogen-bond acceptors (Lipinski definition) is 34. The molecule has 8 aliphatic rings. The third-order valence-electron chi connectivity index (χ3n) is 21.7. The molecule has 0 unspecified atom stereocenters. The van der Waals surface area contributed by atoms with Crippen molar-refractivity contribution in [3.8, 4) is 0 Å². The summed E-state index contributed by atoms with van der Waals surface area (Å²) in [6, 6.07) is -3.47. The quantitative estimate of drug-likeness (QED) is 0.0117. The van der Waals surface area contributed by atoms with Crippen LogP contribution < -0.4 is 40.2 Å². The second kappa shape index (κ2) is 47.9. The van der Waals surface area contributed by atoms with Gasteiger partial charge in [-0.25, -0.2) is 8.42 Å². The Morgan fingerprint density at radius 2 is 0.982 bits per heavy atom. The van der Waals surface area contributed by atoms with Gasteiger partial charge in [0.25, 0.3) is 11.7 Å². The number of unbranched alkanes of at least 4 members (excludes halogenated alkanes) is 22. The standard InChI is InChI=1S/C71H128N2O34S.Na/c1-5-7-9-11-13-15-17-19-21-23-25-27-29-40(30-28-26-24-22-20-18-16-14-12-10-8-6-2)36-95-66-56(88)54(86)59(45(35-77)100-66)102-68-57(89)63(51(83)43(33-75)98-68)105-65-48(72-39(4)78)62(104-67-55(87)53(85)49(81)38(3)97-67)60(46(101-65)37-96-108(92,93)94)103-69-58(90)64(52(84)44(34-76)99-69)107-71-31-41(79)47(73-70(71)91)61(106-71)50(82)42(80)32-74;/h38,40-69,74-77,79-90H,5-37H2,1-4H3,(H,72,78)(H,73,91)(H,92,93,94);/q;+1/p-1/t38-,41-,42+,43+,44+,45+,46+,47+,48+,49+,50+,51-,52-,53+,54+,55-,56+,57+,58+,59+,60+,61+,62+,63-,64-,65-,66+,67-,68-,69-,71-;/m0./s1. The predicted molar refractivity (Wildman–Crippen MR) is 372 cm³/mol. The molecular formula is C71H127N2NaO34S.